The largest absolute Gasteiger partial charge is 0.480 e. The summed E-state index contributed by atoms with van der Waals surface area (Å²) in [6.07, 6.45) is 1.43. The number of nitrogens with zero attached hydrogens (tertiary/aromatic N) is 2. The maximum Gasteiger partial charge on any atom is 0.328 e. The van der Waals surface area contributed by atoms with Gasteiger partial charge in [0, 0.05) is 18.8 Å². The maximum atomic E-state index is 13.2. The Morgan fingerprint density at radius 2 is 1.67 bits per heavy atom. The van der Waals surface area contributed by atoms with Gasteiger partial charge in [-0.3, -0.25) is 4.79 Å². The van der Waals surface area contributed by atoms with Crippen LogP contribution in [0.4, 0.5) is 10.1 Å². The summed E-state index contributed by atoms with van der Waals surface area (Å²) in [5.74, 6) is -1.32. The monoisotopic (exact) mass is 368 g/mol. The van der Waals surface area contributed by atoms with E-state index < -0.39 is 17.4 Å². The van der Waals surface area contributed by atoms with Crippen molar-refractivity contribution in [2.45, 2.75) is 24.3 Å². The van der Waals surface area contributed by atoms with Crippen LogP contribution in [0.3, 0.4) is 0 Å². The molecule has 0 bridgehead atoms. The first-order chi connectivity index (χ1) is 13.0. The van der Waals surface area contributed by atoms with E-state index in [-0.39, 0.29) is 18.3 Å². The normalized spacial score (nSPS) is 21.0. The lowest BCUT2D eigenvalue weighted by atomic mass is 9.93. The molecule has 27 heavy (non-hydrogen) atoms. The number of aliphatic carboxylic acids is 1. The molecule has 0 unspecified atom stereocenters. The Morgan fingerprint density at radius 1 is 1.00 bits per heavy atom. The summed E-state index contributed by atoms with van der Waals surface area (Å²) in [5, 5.41) is 9.71. The zero-order chi connectivity index (χ0) is 19.0. The number of carboxylic acid groups (broad SMARTS) is 1. The van der Waals surface area contributed by atoms with Crippen LogP contribution < -0.4 is 4.90 Å². The van der Waals surface area contributed by atoms with Crippen LogP contribution >= 0.6 is 0 Å². The second-order valence-corrected chi connectivity index (χ2v) is 7.22. The molecule has 1 heterocycles. The van der Waals surface area contributed by atoms with Gasteiger partial charge in [0.1, 0.15) is 11.9 Å². The summed E-state index contributed by atoms with van der Waals surface area (Å²) in [5.41, 5.74) is 1.04. The van der Waals surface area contributed by atoms with Gasteiger partial charge in [0.25, 0.3) is 0 Å². The summed E-state index contributed by atoms with van der Waals surface area (Å²) in [4.78, 5) is 28.6. The van der Waals surface area contributed by atoms with Gasteiger partial charge in [-0.15, -0.1) is 0 Å². The molecule has 4 rings (SSSR count). The quantitative estimate of drug-likeness (QED) is 0.901. The number of amides is 1. The fourth-order valence-electron chi connectivity index (χ4n) is 3.93. The third-order valence-electron chi connectivity index (χ3n) is 5.60. The molecule has 2 aromatic rings. The molecule has 1 N–H and O–H groups in total. The van der Waals surface area contributed by atoms with Gasteiger partial charge >= 0.3 is 5.97 Å². The minimum Gasteiger partial charge on any atom is -0.480 e. The van der Waals surface area contributed by atoms with Gasteiger partial charge in [-0.25, -0.2) is 9.18 Å². The van der Waals surface area contributed by atoms with Crippen LogP contribution in [0.2, 0.25) is 0 Å². The SMILES string of the molecule is O=C(O)[C@H]1CN(C(=O)C2(c3ccc(F)cc3)CC2)CCN1c1ccccc1. The summed E-state index contributed by atoms with van der Waals surface area (Å²) < 4.78 is 13.2. The summed E-state index contributed by atoms with van der Waals surface area (Å²) in [6.45, 7) is 1.08. The third kappa shape index (κ3) is 3.16. The van der Waals surface area contributed by atoms with Crippen molar-refractivity contribution in [2.75, 3.05) is 24.5 Å². The van der Waals surface area contributed by atoms with Crippen LogP contribution in [-0.2, 0) is 15.0 Å². The molecule has 2 fully saturated rings. The van der Waals surface area contributed by atoms with E-state index in [0.29, 0.717) is 25.9 Å². The Bertz CT molecular complexity index is 849. The smallest absolute Gasteiger partial charge is 0.328 e. The molecule has 1 saturated carbocycles. The van der Waals surface area contributed by atoms with Gasteiger partial charge in [-0.1, -0.05) is 30.3 Å². The minimum atomic E-state index is -0.942. The Labute approximate surface area is 157 Å². The molecule has 2 aromatic carbocycles. The number of hydrogen-bond acceptors (Lipinski definition) is 3. The molecule has 1 aliphatic heterocycles. The number of carbonyl (C=O) groups is 2. The van der Waals surface area contributed by atoms with E-state index in [9.17, 15) is 19.1 Å². The number of rotatable bonds is 4. The highest BCUT2D eigenvalue weighted by Crippen LogP contribution is 2.49. The van der Waals surface area contributed by atoms with Crippen molar-refractivity contribution >= 4 is 17.6 Å². The second-order valence-electron chi connectivity index (χ2n) is 7.22. The highest BCUT2D eigenvalue weighted by atomic mass is 19.1. The molecule has 1 amide bonds. The molecule has 0 radical (unpaired) electrons. The predicted molar refractivity (Wildman–Crippen MR) is 99.1 cm³/mol. The van der Waals surface area contributed by atoms with E-state index in [0.717, 1.165) is 11.3 Å². The Morgan fingerprint density at radius 3 is 2.26 bits per heavy atom. The van der Waals surface area contributed by atoms with Crippen LogP contribution in [0.15, 0.2) is 54.6 Å². The van der Waals surface area contributed by atoms with Crippen LogP contribution in [-0.4, -0.2) is 47.6 Å². The van der Waals surface area contributed by atoms with E-state index >= 15 is 0 Å². The highest BCUT2D eigenvalue weighted by molar-refractivity contribution is 5.92. The Hall–Kier alpha value is -2.89. The average Bonchev–Trinajstić information content (AvgIpc) is 3.50. The Kier molecular flexibility index (Phi) is 4.34. The van der Waals surface area contributed by atoms with Crippen LogP contribution in [0.1, 0.15) is 18.4 Å². The van der Waals surface area contributed by atoms with E-state index in [1.165, 1.54) is 12.1 Å². The zero-order valence-corrected chi connectivity index (χ0v) is 14.8. The summed E-state index contributed by atoms with van der Waals surface area (Å²) >= 11 is 0. The standard InChI is InChI=1S/C21H21FN2O3/c22-16-8-6-15(7-9-16)21(10-11-21)20(27)23-12-13-24(18(14-23)19(25)26)17-4-2-1-3-5-17/h1-9,18H,10-14H2,(H,25,26)/t18-/m1/s1. The van der Waals surface area contributed by atoms with Gasteiger partial charge in [0.15, 0.2) is 0 Å². The molecule has 1 saturated heterocycles. The molecule has 5 nitrogen and oxygen atoms in total. The van der Waals surface area contributed by atoms with E-state index in [2.05, 4.69) is 0 Å². The molecular formula is C21H21FN2O3. The second kappa shape index (κ2) is 6.68. The first-order valence-electron chi connectivity index (χ1n) is 9.11. The lowest BCUT2D eigenvalue weighted by molar-refractivity contribution is -0.142. The third-order valence-corrected chi connectivity index (χ3v) is 5.60. The maximum absolute atomic E-state index is 13.2. The molecule has 140 valence electrons. The number of piperazine rings is 1. The fraction of sp³-hybridized carbons (Fsp3) is 0.333. The Balaban J connectivity index is 1.55. The molecular weight excluding hydrogens is 347 g/mol. The molecule has 2 aliphatic rings. The van der Waals surface area contributed by atoms with Crippen molar-refractivity contribution in [3.63, 3.8) is 0 Å². The van der Waals surface area contributed by atoms with Crippen molar-refractivity contribution < 1.29 is 19.1 Å². The van der Waals surface area contributed by atoms with Crippen molar-refractivity contribution in [3.05, 3.63) is 66.0 Å². The predicted octanol–water partition coefficient (Wildman–Crippen LogP) is 2.66. The van der Waals surface area contributed by atoms with Crippen LogP contribution in [0.5, 0.6) is 0 Å². The molecule has 1 aliphatic carbocycles. The van der Waals surface area contributed by atoms with Gasteiger partial charge < -0.3 is 14.9 Å². The van der Waals surface area contributed by atoms with E-state index in [1.54, 1.807) is 17.0 Å². The highest BCUT2D eigenvalue weighted by Gasteiger charge is 2.54. The van der Waals surface area contributed by atoms with Gasteiger partial charge in [-0.2, -0.15) is 0 Å². The van der Waals surface area contributed by atoms with Crippen molar-refractivity contribution in [2.24, 2.45) is 0 Å². The van der Waals surface area contributed by atoms with Crippen molar-refractivity contribution in [1.29, 1.82) is 0 Å². The van der Waals surface area contributed by atoms with Gasteiger partial charge in [0.2, 0.25) is 5.91 Å². The first kappa shape index (κ1) is 17.5. The van der Waals surface area contributed by atoms with E-state index in [1.807, 2.05) is 35.2 Å². The van der Waals surface area contributed by atoms with Crippen LogP contribution in [0.25, 0.3) is 0 Å². The van der Waals surface area contributed by atoms with Crippen LogP contribution in [0, 0.1) is 5.82 Å². The zero-order valence-electron chi connectivity index (χ0n) is 14.8. The minimum absolute atomic E-state index is 0.0481. The van der Waals surface area contributed by atoms with Crippen molar-refractivity contribution in [1.82, 2.24) is 4.90 Å². The lowest BCUT2D eigenvalue weighted by Gasteiger charge is -2.41. The van der Waals surface area contributed by atoms with Crippen molar-refractivity contribution in [3.8, 4) is 0 Å². The molecule has 6 heteroatoms. The number of carboxylic acids is 1. The first-order valence-corrected chi connectivity index (χ1v) is 9.11. The number of carbonyl (C=O) groups excluding carboxylic acids is 1. The molecule has 1 atom stereocenters. The van der Waals surface area contributed by atoms with E-state index in [4.69, 9.17) is 0 Å². The van der Waals surface area contributed by atoms with Gasteiger partial charge in [0.05, 0.1) is 12.0 Å². The number of anilines is 1. The number of para-hydroxylation sites is 1. The average molecular weight is 368 g/mol. The number of halogens is 1. The lowest BCUT2D eigenvalue weighted by Crippen LogP contribution is -2.59. The molecule has 0 spiro atoms. The number of benzene rings is 2. The number of hydrogen-bond donors (Lipinski definition) is 1. The molecule has 0 aromatic heterocycles. The summed E-state index contributed by atoms with van der Waals surface area (Å²) in [6, 6.07) is 14.7. The topological polar surface area (TPSA) is 60.9 Å². The fourth-order valence-corrected chi connectivity index (χ4v) is 3.93. The van der Waals surface area contributed by atoms with Gasteiger partial charge in [-0.05, 0) is 42.7 Å². The summed E-state index contributed by atoms with van der Waals surface area (Å²) in [7, 11) is 0.